The summed E-state index contributed by atoms with van der Waals surface area (Å²) in [6.45, 7) is 0.488. The van der Waals surface area contributed by atoms with Gasteiger partial charge in [0.2, 0.25) is 0 Å². The van der Waals surface area contributed by atoms with Crippen LogP contribution in [-0.2, 0) is 12.6 Å². The molecule has 0 fully saturated rings. The molecule has 0 aliphatic carbocycles. The van der Waals surface area contributed by atoms with Gasteiger partial charge in [-0.25, -0.2) is 0 Å². The zero-order valence-electron chi connectivity index (χ0n) is 17.7. The van der Waals surface area contributed by atoms with Gasteiger partial charge in [-0.3, -0.25) is 25.8 Å². The summed E-state index contributed by atoms with van der Waals surface area (Å²) in [5.41, 5.74) is 5.13. The second-order valence-corrected chi connectivity index (χ2v) is 7.45. The van der Waals surface area contributed by atoms with Crippen LogP contribution in [0.15, 0.2) is 78.9 Å². The van der Waals surface area contributed by atoms with Crippen LogP contribution in [0.25, 0.3) is 0 Å². The predicted molar refractivity (Wildman–Crippen MR) is 124 cm³/mol. The second kappa shape index (κ2) is 11.3. The maximum absolute atomic E-state index is 12.6. The van der Waals surface area contributed by atoms with Crippen LogP contribution in [0.2, 0.25) is 0 Å². The highest BCUT2D eigenvalue weighted by atomic mass is 32.1. The molecule has 10 heteroatoms. The Morgan fingerprint density at radius 2 is 1.38 bits per heavy atom. The molecular formula is C24H20F3N3O3S. The number of hydrazine groups is 1. The lowest BCUT2D eigenvalue weighted by atomic mass is 10.1. The normalized spacial score (nSPS) is 10.8. The third-order valence-corrected chi connectivity index (χ3v) is 4.81. The van der Waals surface area contributed by atoms with Gasteiger partial charge < -0.3 is 4.74 Å². The number of alkyl halides is 3. The smallest absolute Gasteiger partial charge is 0.416 e. The van der Waals surface area contributed by atoms with Crippen LogP contribution >= 0.6 is 12.2 Å². The van der Waals surface area contributed by atoms with Crippen molar-refractivity contribution in [3.63, 3.8) is 0 Å². The largest absolute Gasteiger partial charge is 0.493 e. The van der Waals surface area contributed by atoms with Gasteiger partial charge in [-0.05, 0) is 66.3 Å². The van der Waals surface area contributed by atoms with Gasteiger partial charge in [0.05, 0.1) is 12.2 Å². The van der Waals surface area contributed by atoms with Gasteiger partial charge >= 0.3 is 6.18 Å². The molecule has 0 aromatic heterocycles. The van der Waals surface area contributed by atoms with E-state index in [0.29, 0.717) is 17.9 Å². The van der Waals surface area contributed by atoms with Gasteiger partial charge in [-0.15, -0.1) is 0 Å². The number of benzene rings is 3. The number of amides is 2. The van der Waals surface area contributed by atoms with Crippen LogP contribution in [0.5, 0.6) is 5.75 Å². The summed E-state index contributed by atoms with van der Waals surface area (Å²) in [7, 11) is 0. The van der Waals surface area contributed by atoms with E-state index in [4.69, 9.17) is 17.0 Å². The molecule has 3 aromatic rings. The van der Waals surface area contributed by atoms with Crippen molar-refractivity contribution in [2.45, 2.75) is 12.6 Å². The number of halogens is 3. The van der Waals surface area contributed by atoms with E-state index >= 15 is 0 Å². The molecule has 3 aromatic carbocycles. The predicted octanol–water partition coefficient (Wildman–Crippen LogP) is 4.28. The Kier molecular flexibility index (Phi) is 8.20. The number of ether oxygens (including phenoxy) is 1. The molecule has 0 saturated heterocycles. The van der Waals surface area contributed by atoms with Crippen LogP contribution in [0.3, 0.4) is 0 Å². The summed E-state index contributed by atoms with van der Waals surface area (Å²) in [6.07, 6.45) is -3.74. The molecule has 3 rings (SSSR count). The van der Waals surface area contributed by atoms with Crippen LogP contribution < -0.4 is 20.9 Å². The molecular weight excluding hydrogens is 467 g/mol. The summed E-state index contributed by atoms with van der Waals surface area (Å²) in [5, 5.41) is 2.21. The van der Waals surface area contributed by atoms with Crippen molar-refractivity contribution in [2.24, 2.45) is 0 Å². The Bertz CT molecular complexity index is 1140. The van der Waals surface area contributed by atoms with Crippen molar-refractivity contribution >= 4 is 29.1 Å². The lowest BCUT2D eigenvalue weighted by Gasteiger charge is -2.12. The van der Waals surface area contributed by atoms with Gasteiger partial charge in [-0.2, -0.15) is 13.2 Å². The lowest BCUT2D eigenvalue weighted by Crippen LogP contribution is -2.48. The average molecular weight is 488 g/mol. The molecule has 0 spiro atoms. The fourth-order valence-electron chi connectivity index (χ4n) is 2.84. The molecule has 0 saturated carbocycles. The molecule has 6 nitrogen and oxygen atoms in total. The highest BCUT2D eigenvalue weighted by molar-refractivity contribution is 7.80. The molecule has 2 amide bonds. The minimum Gasteiger partial charge on any atom is -0.493 e. The van der Waals surface area contributed by atoms with Crippen LogP contribution in [0.1, 0.15) is 31.8 Å². The molecule has 0 aliphatic heterocycles. The molecule has 34 heavy (non-hydrogen) atoms. The third kappa shape index (κ3) is 7.31. The van der Waals surface area contributed by atoms with E-state index in [2.05, 4.69) is 16.2 Å². The minimum atomic E-state index is -4.49. The first-order valence-corrected chi connectivity index (χ1v) is 10.5. The van der Waals surface area contributed by atoms with E-state index in [9.17, 15) is 22.8 Å². The van der Waals surface area contributed by atoms with Crippen LogP contribution in [0, 0.1) is 0 Å². The van der Waals surface area contributed by atoms with Crippen LogP contribution in [0.4, 0.5) is 13.2 Å². The van der Waals surface area contributed by atoms with E-state index in [0.717, 1.165) is 36.2 Å². The van der Waals surface area contributed by atoms with Gasteiger partial charge in [0.15, 0.2) is 5.11 Å². The molecule has 0 unspecified atom stereocenters. The van der Waals surface area contributed by atoms with Gasteiger partial charge in [0, 0.05) is 17.5 Å². The Hall–Kier alpha value is -3.92. The van der Waals surface area contributed by atoms with E-state index in [1.165, 1.54) is 0 Å². The minimum absolute atomic E-state index is 0.0162. The number of hydrogen-bond acceptors (Lipinski definition) is 4. The number of carbonyl (C=O) groups is 2. The Morgan fingerprint density at radius 1 is 0.794 bits per heavy atom. The highest BCUT2D eigenvalue weighted by Gasteiger charge is 2.30. The quantitative estimate of drug-likeness (QED) is 0.358. The Morgan fingerprint density at radius 3 is 2.00 bits per heavy atom. The van der Waals surface area contributed by atoms with E-state index in [1.54, 1.807) is 24.3 Å². The molecule has 176 valence electrons. The average Bonchev–Trinajstić information content (AvgIpc) is 2.83. The zero-order chi connectivity index (χ0) is 24.6. The monoisotopic (exact) mass is 487 g/mol. The lowest BCUT2D eigenvalue weighted by molar-refractivity contribution is -0.137. The van der Waals surface area contributed by atoms with Gasteiger partial charge in [0.25, 0.3) is 11.8 Å². The Labute approximate surface area is 199 Å². The summed E-state index contributed by atoms with van der Waals surface area (Å²) in [5.74, 6) is -0.628. The number of hydrogen-bond donors (Lipinski definition) is 3. The van der Waals surface area contributed by atoms with Crippen molar-refractivity contribution in [2.75, 3.05) is 6.61 Å². The maximum Gasteiger partial charge on any atom is 0.416 e. The van der Waals surface area contributed by atoms with Crippen molar-refractivity contribution < 1.29 is 27.5 Å². The van der Waals surface area contributed by atoms with Crippen molar-refractivity contribution in [3.05, 3.63) is 101 Å². The van der Waals surface area contributed by atoms with Crippen molar-refractivity contribution in [1.82, 2.24) is 16.2 Å². The molecule has 0 atom stereocenters. The molecule has 0 bridgehead atoms. The number of nitrogens with one attached hydrogen (secondary N) is 3. The van der Waals surface area contributed by atoms with E-state index in [1.807, 2.05) is 30.3 Å². The topological polar surface area (TPSA) is 79.5 Å². The molecule has 3 N–H and O–H groups in total. The first kappa shape index (κ1) is 24.7. The van der Waals surface area contributed by atoms with Crippen LogP contribution in [-0.4, -0.2) is 23.5 Å². The number of thiocarbonyl (C=S) groups is 1. The zero-order valence-corrected chi connectivity index (χ0v) is 18.5. The summed E-state index contributed by atoms with van der Waals surface area (Å²) in [6, 6.07) is 20.0. The van der Waals surface area contributed by atoms with Crippen molar-refractivity contribution in [1.29, 1.82) is 0 Å². The third-order valence-electron chi connectivity index (χ3n) is 4.61. The summed E-state index contributed by atoms with van der Waals surface area (Å²) >= 11 is 4.97. The first-order chi connectivity index (χ1) is 16.2. The van der Waals surface area contributed by atoms with E-state index < -0.39 is 23.6 Å². The van der Waals surface area contributed by atoms with Gasteiger partial charge in [-0.1, -0.05) is 30.3 Å². The summed E-state index contributed by atoms with van der Waals surface area (Å²) in [4.78, 5) is 24.4. The number of rotatable bonds is 6. The maximum atomic E-state index is 12.6. The highest BCUT2D eigenvalue weighted by Crippen LogP contribution is 2.29. The van der Waals surface area contributed by atoms with Crippen molar-refractivity contribution in [3.8, 4) is 5.75 Å². The standard InChI is InChI=1S/C24H20F3N3O3S/c25-24(26,27)19-10-6-18(7-11-19)22(32)29-30-23(34)28-21(31)17-8-12-20(13-9-17)33-15-14-16-4-2-1-3-5-16/h1-13H,14-15H2,(H,29,32)(H2,28,30,31,34). The van der Waals surface area contributed by atoms with E-state index in [-0.39, 0.29) is 10.7 Å². The Balaban J connectivity index is 1.43. The van der Waals surface area contributed by atoms with Gasteiger partial charge in [0.1, 0.15) is 5.75 Å². The summed E-state index contributed by atoms with van der Waals surface area (Å²) < 4.78 is 43.5. The molecule has 0 radical (unpaired) electrons. The molecule has 0 aliphatic rings. The number of carbonyl (C=O) groups excluding carboxylic acids is 2. The fraction of sp³-hybridized carbons (Fsp3) is 0.125. The second-order valence-electron chi connectivity index (χ2n) is 7.05. The SMILES string of the molecule is O=C(NNC(=S)NC(=O)c1ccc(OCCc2ccccc2)cc1)c1ccc(C(F)(F)F)cc1. The fourth-order valence-corrected chi connectivity index (χ4v) is 2.98. The first-order valence-electron chi connectivity index (χ1n) is 10.1. The molecule has 0 heterocycles.